The van der Waals surface area contributed by atoms with Crippen molar-refractivity contribution in [1.29, 1.82) is 0 Å². The van der Waals surface area contributed by atoms with Crippen molar-refractivity contribution in [3.8, 4) is 11.5 Å². The Bertz CT molecular complexity index is 1270. The van der Waals surface area contributed by atoms with Crippen LogP contribution in [0.1, 0.15) is 23.6 Å². The number of hydrogen-bond acceptors (Lipinski definition) is 5. The molecule has 0 saturated heterocycles. The number of benzene rings is 3. The zero-order chi connectivity index (χ0) is 23.4. The van der Waals surface area contributed by atoms with Gasteiger partial charge in [-0.15, -0.1) is 0 Å². The normalized spacial score (nSPS) is 14.2. The number of rotatable bonds is 7. The fraction of sp³-hybridized carbons (Fsp3) is 0.120. The minimum atomic E-state index is -0.531. The number of hydrogen-bond donors (Lipinski definition) is 0. The summed E-state index contributed by atoms with van der Waals surface area (Å²) in [5, 5.41) is 0.469. The van der Waals surface area contributed by atoms with Crippen molar-refractivity contribution in [2.75, 3.05) is 6.61 Å². The predicted molar refractivity (Wildman–Crippen MR) is 146 cm³/mol. The highest BCUT2D eigenvalue weighted by atomic mass is 127. The predicted octanol–water partition coefficient (Wildman–Crippen LogP) is 6.87. The molecule has 0 saturated carbocycles. The Labute approximate surface area is 224 Å². The summed E-state index contributed by atoms with van der Waals surface area (Å²) < 4.78 is 19.2. The van der Waals surface area contributed by atoms with E-state index in [-0.39, 0.29) is 11.6 Å². The van der Waals surface area contributed by atoms with Crippen LogP contribution in [-0.4, -0.2) is 18.5 Å². The van der Waals surface area contributed by atoms with E-state index in [2.05, 4.69) is 56.2 Å². The Morgan fingerprint density at radius 2 is 1.82 bits per heavy atom. The molecular formula is C25H18ClI2NO4. The zero-order valence-electron chi connectivity index (χ0n) is 17.5. The van der Waals surface area contributed by atoms with Crippen molar-refractivity contribution in [3.63, 3.8) is 0 Å². The average Bonchev–Trinajstić information content (AvgIpc) is 3.15. The number of esters is 1. The molecule has 1 aliphatic rings. The standard InChI is InChI=1S/C25H18ClI2NO4/c1-2-31-23-12-15(6-9-22(23)32-14-16-4-3-5-17(27)10-16)11-21-25(30)33-24(29-21)19-13-18(28)7-8-20(19)26/h3-13H,2,14H2,1H3/b21-11-. The van der Waals surface area contributed by atoms with Crippen molar-refractivity contribution in [3.05, 3.63) is 95.2 Å². The van der Waals surface area contributed by atoms with E-state index in [4.69, 9.17) is 25.8 Å². The van der Waals surface area contributed by atoms with E-state index < -0.39 is 5.97 Å². The Morgan fingerprint density at radius 3 is 2.61 bits per heavy atom. The monoisotopic (exact) mass is 685 g/mol. The van der Waals surface area contributed by atoms with Gasteiger partial charge in [-0.05, 0) is 112 Å². The highest BCUT2D eigenvalue weighted by molar-refractivity contribution is 14.1. The Balaban J connectivity index is 1.58. The van der Waals surface area contributed by atoms with Crippen molar-refractivity contribution in [1.82, 2.24) is 0 Å². The third-order valence-corrected chi connectivity index (χ3v) is 6.31. The SMILES string of the molecule is CCOc1cc(/C=C2\N=C(c3cc(I)ccc3Cl)OC2=O)ccc1OCc1cccc(I)c1. The number of carbonyl (C=O) groups is 1. The Kier molecular flexibility index (Phi) is 7.92. The van der Waals surface area contributed by atoms with E-state index in [1.165, 1.54) is 0 Å². The molecule has 0 aliphatic carbocycles. The van der Waals surface area contributed by atoms with Crippen LogP contribution >= 0.6 is 56.8 Å². The molecule has 3 aromatic carbocycles. The number of nitrogens with zero attached hydrogens (tertiary/aromatic N) is 1. The van der Waals surface area contributed by atoms with Gasteiger partial charge < -0.3 is 14.2 Å². The lowest BCUT2D eigenvalue weighted by Crippen LogP contribution is -2.06. The van der Waals surface area contributed by atoms with Crippen molar-refractivity contribution in [2.45, 2.75) is 13.5 Å². The van der Waals surface area contributed by atoms with Gasteiger partial charge in [-0.1, -0.05) is 29.8 Å². The molecule has 168 valence electrons. The van der Waals surface area contributed by atoms with E-state index >= 15 is 0 Å². The molecule has 0 aromatic heterocycles. The van der Waals surface area contributed by atoms with E-state index in [0.717, 1.165) is 18.3 Å². The lowest BCUT2D eigenvalue weighted by atomic mass is 10.1. The van der Waals surface area contributed by atoms with E-state index in [0.29, 0.717) is 35.3 Å². The van der Waals surface area contributed by atoms with E-state index in [9.17, 15) is 4.79 Å². The highest BCUT2D eigenvalue weighted by Gasteiger charge is 2.26. The van der Waals surface area contributed by atoms with Crippen molar-refractivity contribution >= 4 is 74.7 Å². The first-order valence-corrected chi connectivity index (χ1v) is 12.6. The molecule has 3 aromatic rings. The summed E-state index contributed by atoms with van der Waals surface area (Å²) in [5.41, 5.74) is 2.58. The van der Waals surface area contributed by atoms with Crippen LogP contribution in [0.25, 0.3) is 6.08 Å². The second-order valence-electron chi connectivity index (χ2n) is 7.02. The molecule has 8 heteroatoms. The Morgan fingerprint density at radius 1 is 1.00 bits per heavy atom. The number of cyclic esters (lactones) is 1. The fourth-order valence-electron chi connectivity index (χ4n) is 3.13. The van der Waals surface area contributed by atoms with Gasteiger partial charge in [-0.2, -0.15) is 0 Å². The third kappa shape index (κ3) is 6.07. The fourth-order valence-corrected chi connectivity index (χ4v) is 4.43. The summed E-state index contributed by atoms with van der Waals surface area (Å²) in [5.74, 6) is 0.879. The topological polar surface area (TPSA) is 57.1 Å². The summed E-state index contributed by atoms with van der Waals surface area (Å²) in [6.07, 6.45) is 1.66. The minimum absolute atomic E-state index is 0.190. The second kappa shape index (κ2) is 10.9. The van der Waals surface area contributed by atoms with Crippen LogP contribution in [0, 0.1) is 7.14 Å². The molecular weight excluding hydrogens is 668 g/mol. The first-order valence-electron chi connectivity index (χ1n) is 10.0. The zero-order valence-corrected chi connectivity index (χ0v) is 22.6. The molecule has 0 unspecified atom stereocenters. The van der Waals surface area contributed by atoms with Gasteiger partial charge in [-0.3, -0.25) is 0 Å². The summed E-state index contributed by atoms with van der Waals surface area (Å²) in [6, 6.07) is 19.1. The van der Waals surface area contributed by atoms with Gasteiger partial charge in [0.15, 0.2) is 17.2 Å². The number of halogens is 3. The van der Waals surface area contributed by atoms with E-state index in [1.807, 2.05) is 55.5 Å². The maximum absolute atomic E-state index is 12.4. The number of carbonyl (C=O) groups excluding carboxylic acids is 1. The summed E-state index contributed by atoms with van der Waals surface area (Å²) in [4.78, 5) is 16.8. The maximum Gasteiger partial charge on any atom is 0.363 e. The lowest BCUT2D eigenvalue weighted by molar-refractivity contribution is -0.129. The molecule has 1 aliphatic heterocycles. The molecule has 33 heavy (non-hydrogen) atoms. The molecule has 0 N–H and O–H groups in total. The first-order chi connectivity index (χ1) is 15.9. The van der Waals surface area contributed by atoms with Crippen molar-refractivity contribution in [2.24, 2.45) is 4.99 Å². The van der Waals surface area contributed by atoms with Crippen molar-refractivity contribution < 1.29 is 19.0 Å². The molecule has 4 rings (SSSR count). The molecule has 1 heterocycles. The summed E-state index contributed by atoms with van der Waals surface area (Å²) >= 11 is 10.7. The van der Waals surface area contributed by atoms with Gasteiger partial charge >= 0.3 is 5.97 Å². The maximum atomic E-state index is 12.4. The smallest absolute Gasteiger partial charge is 0.363 e. The van der Waals surface area contributed by atoms with Gasteiger partial charge in [-0.25, -0.2) is 9.79 Å². The highest BCUT2D eigenvalue weighted by Crippen LogP contribution is 2.31. The second-order valence-corrected chi connectivity index (χ2v) is 9.92. The molecule has 0 spiro atoms. The quantitative estimate of drug-likeness (QED) is 0.155. The van der Waals surface area contributed by atoms with Crippen LogP contribution < -0.4 is 9.47 Å². The van der Waals surface area contributed by atoms with Crippen LogP contribution in [0.15, 0.2) is 71.4 Å². The third-order valence-electron chi connectivity index (χ3n) is 4.63. The minimum Gasteiger partial charge on any atom is -0.490 e. The lowest BCUT2D eigenvalue weighted by Gasteiger charge is -2.13. The number of ether oxygens (including phenoxy) is 3. The molecule has 0 radical (unpaired) electrons. The molecule has 0 amide bonds. The molecule has 0 atom stereocenters. The summed E-state index contributed by atoms with van der Waals surface area (Å²) in [6.45, 7) is 2.81. The molecule has 0 bridgehead atoms. The first kappa shape index (κ1) is 24.0. The van der Waals surface area contributed by atoms with Crippen LogP contribution in [-0.2, 0) is 16.1 Å². The van der Waals surface area contributed by atoms with Crippen LogP contribution in [0.2, 0.25) is 5.02 Å². The van der Waals surface area contributed by atoms with Gasteiger partial charge in [0.25, 0.3) is 0 Å². The van der Waals surface area contributed by atoms with E-state index in [1.54, 1.807) is 12.1 Å². The summed E-state index contributed by atoms with van der Waals surface area (Å²) in [7, 11) is 0. The van der Waals surface area contributed by atoms with Gasteiger partial charge in [0.05, 0.1) is 17.2 Å². The Hall–Kier alpha value is -2.11. The largest absolute Gasteiger partial charge is 0.490 e. The van der Waals surface area contributed by atoms with Crippen LogP contribution in [0.4, 0.5) is 0 Å². The van der Waals surface area contributed by atoms with Crippen LogP contribution in [0.5, 0.6) is 11.5 Å². The van der Waals surface area contributed by atoms with Gasteiger partial charge in [0.1, 0.15) is 6.61 Å². The van der Waals surface area contributed by atoms with Gasteiger partial charge in [0, 0.05) is 7.14 Å². The molecule has 0 fully saturated rings. The van der Waals surface area contributed by atoms with Gasteiger partial charge in [0.2, 0.25) is 5.90 Å². The number of aliphatic imine (C=N–C) groups is 1. The van der Waals surface area contributed by atoms with Crippen LogP contribution in [0.3, 0.4) is 0 Å². The molecule has 5 nitrogen and oxygen atoms in total. The average molecular weight is 686 g/mol.